The number of anilines is 1. The molecule has 1 amide bonds. The number of carbonyl (C=O) groups excluding carboxylic acids is 1. The minimum absolute atomic E-state index is 0.156. The van der Waals surface area contributed by atoms with Crippen molar-refractivity contribution < 1.29 is 9.53 Å². The predicted octanol–water partition coefficient (Wildman–Crippen LogP) is 4.40. The van der Waals surface area contributed by atoms with Gasteiger partial charge in [0.1, 0.15) is 11.4 Å². The van der Waals surface area contributed by atoms with Gasteiger partial charge >= 0.3 is 0 Å². The molecule has 0 fully saturated rings. The van der Waals surface area contributed by atoms with E-state index >= 15 is 0 Å². The van der Waals surface area contributed by atoms with E-state index in [1.807, 2.05) is 55.8 Å². The third-order valence-corrected chi connectivity index (χ3v) is 3.64. The summed E-state index contributed by atoms with van der Waals surface area (Å²) in [6.07, 6.45) is 1.91. The number of hydrogen-bond donors (Lipinski definition) is 1. The standard InChI is InChI=1S/C16H19BrN2O2/c1-10(2)19-9-12(17)8-14(19)16(20)18-13-6-5-11(3)7-15(13)21-4/h5-10H,1-4H3,(H,18,20). The summed E-state index contributed by atoms with van der Waals surface area (Å²) in [5, 5.41) is 2.91. The molecule has 0 aliphatic heterocycles. The number of nitrogens with zero attached hydrogens (tertiary/aromatic N) is 1. The van der Waals surface area contributed by atoms with Gasteiger partial charge in [-0.2, -0.15) is 0 Å². The van der Waals surface area contributed by atoms with Crippen LogP contribution in [0.4, 0.5) is 5.69 Å². The molecule has 0 bridgehead atoms. The molecule has 1 aromatic carbocycles. The molecular formula is C16H19BrN2O2. The average Bonchev–Trinajstić information content (AvgIpc) is 2.83. The molecule has 0 radical (unpaired) electrons. The second-order valence-electron chi connectivity index (χ2n) is 5.20. The Balaban J connectivity index is 2.30. The van der Waals surface area contributed by atoms with Gasteiger partial charge in [0.05, 0.1) is 12.8 Å². The van der Waals surface area contributed by atoms with Crippen molar-refractivity contribution in [3.8, 4) is 5.75 Å². The van der Waals surface area contributed by atoms with E-state index in [4.69, 9.17) is 4.74 Å². The lowest BCUT2D eigenvalue weighted by Crippen LogP contribution is -2.18. The van der Waals surface area contributed by atoms with Crippen molar-refractivity contribution in [3.05, 3.63) is 46.2 Å². The number of benzene rings is 1. The summed E-state index contributed by atoms with van der Waals surface area (Å²) < 4.78 is 8.13. The molecule has 0 atom stereocenters. The van der Waals surface area contributed by atoms with Crippen molar-refractivity contribution in [2.75, 3.05) is 12.4 Å². The number of carbonyl (C=O) groups is 1. The fourth-order valence-corrected chi connectivity index (χ4v) is 2.58. The SMILES string of the molecule is COc1cc(C)ccc1NC(=O)c1cc(Br)cn1C(C)C. The summed E-state index contributed by atoms with van der Waals surface area (Å²) >= 11 is 3.42. The number of halogens is 1. The molecule has 1 heterocycles. The van der Waals surface area contributed by atoms with Crippen LogP contribution in [0.5, 0.6) is 5.75 Å². The summed E-state index contributed by atoms with van der Waals surface area (Å²) in [4.78, 5) is 12.5. The molecule has 5 heteroatoms. The van der Waals surface area contributed by atoms with E-state index in [1.54, 1.807) is 7.11 Å². The molecule has 0 aliphatic carbocycles. The Bertz CT molecular complexity index is 662. The number of aromatic nitrogens is 1. The van der Waals surface area contributed by atoms with Crippen LogP contribution in [0.15, 0.2) is 34.9 Å². The van der Waals surface area contributed by atoms with E-state index in [0.29, 0.717) is 17.1 Å². The number of rotatable bonds is 4. The summed E-state index contributed by atoms with van der Waals surface area (Å²) in [5.41, 5.74) is 2.36. The van der Waals surface area contributed by atoms with Crippen LogP contribution in [-0.2, 0) is 0 Å². The predicted molar refractivity (Wildman–Crippen MR) is 88.2 cm³/mol. The molecule has 1 aromatic heterocycles. The maximum absolute atomic E-state index is 12.5. The van der Waals surface area contributed by atoms with Gasteiger partial charge in [-0.05, 0) is 60.5 Å². The van der Waals surface area contributed by atoms with Crippen molar-refractivity contribution in [2.45, 2.75) is 26.8 Å². The van der Waals surface area contributed by atoms with Crippen molar-refractivity contribution in [1.29, 1.82) is 0 Å². The fourth-order valence-electron chi connectivity index (χ4n) is 2.14. The molecule has 2 aromatic rings. The van der Waals surface area contributed by atoms with Gasteiger partial charge in [-0.25, -0.2) is 0 Å². The second kappa shape index (κ2) is 6.35. The van der Waals surface area contributed by atoms with Gasteiger partial charge < -0.3 is 14.6 Å². The zero-order valence-electron chi connectivity index (χ0n) is 12.6. The van der Waals surface area contributed by atoms with Crippen LogP contribution in [0.25, 0.3) is 0 Å². The van der Waals surface area contributed by atoms with E-state index in [1.165, 1.54) is 0 Å². The smallest absolute Gasteiger partial charge is 0.272 e. The number of amides is 1. The number of aryl methyl sites for hydroxylation is 1. The fraction of sp³-hybridized carbons (Fsp3) is 0.312. The van der Waals surface area contributed by atoms with E-state index in [-0.39, 0.29) is 11.9 Å². The summed E-state index contributed by atoms with van der Waals surface area (Å²) in [5.74, 6) is 0.502. The second-order valence-corrected chi connectivity index (χ2v) is 6.12. The van der Waals surface area contributed by atoms with Gasteiger partial charge in [-0.15, -0.1) is 0 Å². The Morgan fingerprint density at radius 3 is 2.67 bits per heavy atom. The lowest BCUT2D eigenvalue weighted by atomic mass is 10.2. The third-order valence-electron chi connectivity index (χ3n) is 3.21. The number of nitrogens with one attached hydrogen (secondary N) is 1. The largest absolute Gasteiger partial charge is 0.495 e. The van der Waals surface area contributed by atoms with Gasteiger partial charge in [-0.1, -0.05) is 6.07 Å². The van der Waals surface area contributed by atoms with Crippen molar-refractivity contribution >= 4 is 27.5 Å². The van der Waals surface area contributed by atoms with Crippen LogP contribution in [-0.4, -0.2) is 17.6 Å². The molecule has 4 nitrogen and oxygen atoms in total. The van der Waals surface area contributed by atoms with Crippen LogP contribution in [0, 0.1) is 6.92 Å². The van der Waals surface area contributed by atoms with Crippen LogP contribution in [0.2, 0.25) is 0 Å². The molecule has 0 aliphatic rings. The van der Waals surface area contributed by atoms with Crippen molar-refractivity contribution in [3.63, 3.8) is 0 Å². The Morgan fingerprint density at radius 1 is 1.33 bits per heavy atom. The molecule has 2 rings (SSSR count). The molecular weight excluding hydrogens is 332 g/mol. The Kier molecular flexibility index (Phi) is 4.73. The number of ether oxygens (including phenoxy) is 1. The topological polar surface area (TPSA) is 43.3 Å². The lowest BCUT2D eigenvalue weighted by Gasteiger charge is -2.14. The first-order valence-electron chi connectivity index (χ1n) is 6.75. The highest BCUT2D eigenvalue weighted by atomic mass is 79.9. The molecule has 21 heavy (non-hydrogen) atoms. The molecule has 0 unspecified atom stereocenters. The Hall–Kier alpha value is -1.75. The maximum Gasteiger partial charge on any atom is 0.272 e. The van der Waals surface area contributed by atoms with Crippen molar-refractivity contribution in [1.82, 2.24) is 4.57 Å². The minimum Gasteiger partial charge on any atom is -0.495 e. The van der Waals surface area contributed by atoms with Crippen LogP contribution < -0.4 is 10.1 Å². The van der Waals surface area contributed by atoms with E-state index < -0.39 is 0 Å². The first-order valence-corrected chi connectivity index (χ1v) is 7.55. The molecule has 112 valence electrons. The van der Waals surface area contributed by atoms with Crippen LogP contribution >= 0.6 is 15.9 Å². The molecule has 1 N–H and O–H groups in total. The summed E-state index contributed by atoms with van der Waals surface area (Å²) in [6, 6.07) is 7.71. The van der Waals surface area contributed by atoms with Gasteiger partial charge in [0.2, 0.25) is 0 Å². The Morgan fingerprint density at radius 2 is 2.05 bits per heavy atom. The summed E-state index contributed by atoms with van der Waals surface area (Å²) in [7, 11) is 1.60. The lowest BCUT2D eigenvalue weighted by molar-refractivity contribution is 0.101. The zero-order valence-corrected chi connectivity index (χ0v) is 14.2. The van der Waals surface area contributed by atoms with Crippen LogP contribution in [0.1, 0.15) is 35.9 Å². The highest BCUT2D eigenvalue weighted by molar-refractivity contribution is 9.10. The highest BCUT2D eigenvalue weighted by Gasteiger charge is 2.16. The zero-order chi connectivity index (χ0) is 15.6. The van der Waals surface area contributed by atoms with E-state index in [2.05, 4.69) is 21.2 Å². The first kappa shape index (κ1) is 15.6. The van der Waals surface area contributed by atoms with E-state index in [9.17, 15) is 4.79 Å². The summed E-state index contributed by atoms with van der Waals surface area (Å²) in [6.45, 7) is 6.06. The Labute approximate surface area is 133 Å². The van der Waals surface area contributed by atoms with Crippen LogP contribution in [0.3, 0.4) is 0 Å². The van der Waals surface area contributed by atoms with Gasteiger partial charge in [0.25, 0.3) is 5.91 Å². The monoisotopic (exact) mass is 350 g/mol. The first-order chi connectivity index (χ1) is 9.92. The number of methoxy groups -OCH3 is 1. The minimum atomic E-state index is -0.156. The highest BCUT2D eigenvalue weighted by Crippen LogP contribution is 2.27. The van der Waals surface area contributed by atoms with Gasteiger partial charge in [0, 0.05) is 16.7 Å². The average molecular weight is 351 g/mol. The maximum atomic E-state index is 12.5. The quantitative estimate of drug-likeness (QED) is 0.887. The van der Waals surface area contributed by atoms with Gasteiger partial charge in [0.15, 0.2) is 0 Å². The molecule has 0 saturated carbocycles. The number of hydrogen-bond acceptors (Lipinski definition) is 2. The van der Waals surface area contributed by atoms with Crippen molar-refractivity contribution in [2.24, 2.45) is 0 Å². The molecule has 0 saturated heterocycles. The van der Waals surface area contributed by atoms with Gasteiger partial charge in [-0.3, -0.25) is 4.79 Å². The normalized spacial score (nSPS) is 10.8. The molecule has 0 spiro atoms. The third kappa shape index (κ3) is 3.47. The van der Waals surface area contributed by atoms with E-state index in [0.717, 1.165) is 10.0 Å².